The molecular formula is C26H27N5O5. The number of aromatic nitrogens is 2. The van der Waals surface area contributed by atoms with Crippen molar-refractivity contribution >= 4 is 28.5 Å². The molecule has 3 aliphatic rings. The molecule has 2 N–H and O–H groups in total. The summed E-state index contributed by atoms with van der Waals surface area (Å²) < 4.78 is 16.8. The van der Waals surface area contributed by atoms with Crippen molar-refractivity contribution in [3.63, 3.8) is 0 Å². The third kappa shape index (κ3) is 4.28. The first-order chi connectivity index (χ1) is 17.6. The van der Waals surface area contributed by atoms with Gasteiger partial charge in [0.1, 0.15) is 23.8 Å². The highest BCUT2D eigenvalue weighted by Gasteiger charge is 2.31. The van der Waals surface area contributed by atoms with Crippen LogP contribution in [-0.2, 0) is 11.2 Å². The zero-order valence-electron chi connectivity index (χ0n) is 20.0. The Kier molecular flexibility index (Phi) is 5.80. The lowest BCUT2D eigenvalue weighted by molar-refractivity contribution is -0.118. The van der Waals surface area contributed by atoms with Crippen LogP contribution in [0.25, 0.3) is 10.9 Å². The van der Waals surface area contributed by atoms with Crippen LogP contribution >= 0.6 is 0 Å². The number of benzene rings is 1. The smallest absolute Gasteiger partial charge is 0.270 e. The molecule has 0 spiro atoms. The molecule has 5 heterocycles. The Morgan fingerprint density at radius 2 is 2.03 bits per heavy atom. The largest absolute Gasteiger partial charge is 0.497 e. The summed E-state index contributed by atoms with van der Waals surface area (Å²) in [5.41, 5.74) is 2.36. The summed E-state index contributed by atoms with van der Waals surface area (Å²) in [5.74, 6) is 1.87. The number of fused-ring (bicyclic) bond motifs is 4. The lowest BCUT2D eigenvalue weighted by Gasteiger charge is -2.39. The molecule has 36 heavy (non-hydrogen) atoms. The van der Waals surface area contributed by atoms with Crippen molar-refractivity contribution in [2.24, 2.45) is 0 Å². The highest BCUT2D eigenvalue weighted by molar-refractivity contribution is 5.97. The van der Waals surface area contributed by atoms with Crippen molar-refractivity contribution in [3.05, 3.63) is 47.8 Å². The average Bonchev–Trinajstić information content (AvgIpc) is 2.92. The van der Waals surface area contributed by atoms with Gasteiger partial charge < -0.3 is 24.8 Å². The number of carbonyl (C=O) groups excluding carboxylic acids is 2. The van der Waals surface area contributed by atoms with E-state index in [1.807, 2.05) is 24.4 Å². The fourth-order valence-corrected chi connectivity index (χ4v) is 5.14. The fraction of sp³-hybridized carbons (Fsp3) is 0.385. The summed E-state index contributed by atoms with van der Waals surface area (Å²) in [6, 6.07) is 9.53. The average molecular weight is 490 g/mol. The molecule has 2 amide bonds. The number of likely N-dealkylation sites (tertiary alicyclic amines) is 1. The number of carbonyl (C=O) groups is 2. The topological polar surface area (TPSA) is 115 Å². The second kappa shape index (κ2) is 9.27. The van der Waals surface area contributed by atoms with E-state index in [-0.39, 0.29) is 42.0 Å². The minimum Gasteiger partial charge on any atom is -0.497 e. The maximum absolute atomic E-state index is 12.8. The summed E-state index contributed by atoms with van der Waals surface area (Å²) in [5, 5.41) is 6.80. The highest BCUT2D eigenvalue weighted by atomic mass is 16.5. The van der Waals surface area contributed by atoms with Crippen molar-refractivity contribution in [1.29, 1.82) is 0 Å². The van der Waals surface area contributed by atoms with Crippen LogP contribution in [0.4, 0.5) is 5.82 Å². The van der Waals surface area contributed by atoms with E-state index in [4.69, 9.17) is 14.2 Å². The third-order valence-corrected chi connectivity index (χ3v) is 7.11. The van der Waals surface area contributed by atoms with Gasteiger partial charge in [-0.1, -0.05) is 0 Å². The summed E-state index contributed by atoms with van der Waals surface area (Å²) in [6.45, 7) is 2.30. The molecule has 1 saturated heterocycles. The molecule has 0 bridgehead atoms. The van der Waals surface area contributed by atoms with Gasteiger partial charge in [0.25, 0.3) is 11.8 Å². The predicted molar refractivity (Wildman–Crippen MR) is 132 cm³/mol. The van der Waals surface area contributed by atoms with Crippen molar-refractivity contribution < 1.29 is 23.8 Å². The van der Waals surface area contributed by atoms with Crippen molar-refractivity contribution in [3.8, 4) is 17.2 Å². The molecular weight excluding hydrogens is 462 g/mol. The number of ether oxygens (including phenoxy) is 3. The molecule has 10 heteroatoms. The lowest BCUT2D eigenvalue weighted by atomic mass is 9.95. The van der Waals surface area contributed by atoms with Gasteiger partial charge in [0, 0.05) is 36.1 Å². The van der Waals surface area contributed by atoms with E-state index in [0.29, 0.717) is 12.4 Å². The van der Waals surface area contributed by atoms with Crippen LogP contribution in [0, 0.1) is 0 Å². The molecule has 0 saturated carbocycles. The van der Waals surface area contributed by atoms with Gasteiger partial charge in [-0.3, -0.25) is 19.5 Å². The number of hydrogen-bond acceptors (Lipinski definition) is 8. The van der Waals surface area contributed by atoms with Crippen molar-refractivity contribution in [2.75, 3.05) is 38.7 Å². The van der Waals surface area contributed by atoms with Gasteiger partial charge in [0.05, 0.1) is 18.8 Å². The van der Waals surface area contributed by atoms with E-state index in [1.54, 1.807) is 19.2 Å². The SMILES string of the molecule is COc1ccc2ncc3c(c2c1)CC(N1CCC(NC(=O)c2ccc4c(n2)NC(=O)CO4)CC1)CO3. The normalized spacial score (nSPS) is 19.9. The van der Waals surface area contributed by atoms with Crippen LogP contribution < -0.4 is 24.8 Å². The Morgan fingerprint density at radius 1 is 1.17 bits per heavy atom. The Labute approximate surface area is 207 Å². The lowest BCUT2D eigenvalue weighted by Crippen LogP contribution is -2.51. The minimum absolute atomic E-state index is 0.0439. The zero-order valence-corrected chi connectivity index (χ0v) is 20.0. The first kappa shape index (κ1) is 22.5. The maximum atomic E-state index is 12.8. The molecule has 0 radical (unpaired) electrons. The van der Waals surface area contributed by atoms with Gasteiger partial charge in [-0.15, -0.1) is 0 Å². The zero-order chi connectivity index (χ0) is 24.6. The maximum Gasteiger partial charge on any atom is 0.270 e. The van der Waals surface area contributed by atoms with Crippen LogP contribution in [0.15, 0.2) is 36.5 Å². The van der Waals surface area contributed by atoms with Crippen LogP contribution in [0.1, 0.15) is 28.9 Å². The fourth-order valence-electron chi connectivity index (χ4n) is 5.14. The van der Waals surface area contributed by atoms with E-state index in [2.05, 4.69) is 25.5 Å². The van der Waals surface area contributed by atoms with Crippen LogP contribution in [-0.4, -0.2) is 72.2 Å². The van der Waals surface area contributed by atoms with Gasteiger partial charge in [-0.25, -0.2) is 4.98 Å². The van der Waals surface area contributed by atoms with Gasteiger partial charge in [-0.05, 0) is 49.6 Å². The van der Waals surface area contributed by atoms with E-state index in [0.717, 1.165) is 54.8 Å². The number of piperidine rings is 1. The number of hydrogen-bond donors (Lipinski definition) is 2. The predicted octanol–water partition coefficient (Wildman–Crippen LogP) is 2.17. The van der Waals surface area contributed by atoms with Gasteiger partial charge in [0.15, 0.2) is 18.2 Å². The van der Waals surface area contributed by atoms with Crippen LogP contribution in [0.2, 0.25) is 0 Å². The first-order valence-corrected chi connectivity index (χ1v) is 12.1. The number of methoxy groups -OCH3 is 1. The molecule has 3 aromatic rings. The van der Waals surface area contributed by atoms with E-state index in [1.165, 1.54) is 5.56 Å². The summed E-state index contributed by atoms with van der Waals surface area (Å²) in [6.07, 6.45) is 4.37. The molecule has 2 aromatic heterocycles. The minimum atomic E-state index is -0.280. The standard InChI is InChI=1S/C26H27N5O5/c1-34-17-2-3-20-18(11-17)19-10-16(13-35-23(19)12-27-20)31-8-6-15(7-9-31)28-26(33)21-4-5-22-25(29-21)30-24(32)14-36-22/h2-5,11-12,15-16H,6-10,13-14H2,1H3,(H,28,33)(H,29,30,32). The van der Waals surface area contributed by atoms with Crippen LogP contribution in [0.3, 0.4) is 0 Å². The monoisotopic (exact) mass is 489 g/mol. The summed E-state index contributed by atoms with van der Waals surface area (Å²) >= 11 is 0. The first-order valence-electron chi connectivity index (χ1n) is 12.1. The van der Waals surface area contributed by atoms with E-state index >= 15 is 0 Å². The Hall–Kier alpha value is -3.92. The molecule has 3 aliphatic heterocycles. The Balaban J connectivity index is 1.09. The summed E-state index contributed by atoms with van der Waals surface area (Å²) in [4.78, 5) is 35.6. The van der Waals surface area contributed by atoms with Gasteiger partial charge in [0.2, 0.25) is 0 Å². The molecule has 1 aromatic carbocycles. The Bertz CT molecular complexity index is 1330. The number of nitrogens with one attached hydrogen (secondary N) is 2. The molecule has 1 unspecified atom stereocenters. The van der Waals surface area contributed by atoms with Gasteiger partial charge >= 0.3 is 0 Å². The third-order valence-electron chi connectivity index (χ3n) is 7.11. The molecule has 6 rings (SSSR count). The second-order valence-corrected chi connectivity index (χ2v) is 9.32. The van der Waals surface area contributed by atoms with Crippen molar-refractivity contribution in [1.82, 2.24) is 20.2 Å². The number of rotatable bonds is 4. The molecule has 0 aliphatic carbocycles. The van der Waals surface area contributed by atoms with Crippen molar-refractivity contribution in [2.45, 2.75) is 31.3 Å². The number of amides is 2. The number of nitrogens with zero attached hydrogens (tertiary/aromatic N) is 3. The second-order valence-electron chi connectivity index (χ2n) is 9.32. The van der Waals surface area contributed by atoms with Gasteiger partial charge in [-0.2, -0.15) is 0 Å². The van der Waals surface area contributed by atoms with E-state index in [9.17, 15) is 9.59 Å². The number of anilines is 1. The van der Waals surface area contributed by atoms with E-state index < -0.39 is 0 Å². The quantitative estimate of drug-likeness (QED) is 0.573. The molecule has 1 atom stereocenters. The van der Waals surface area contributed by atoms with Crippen LogP contribution in [0.5, 0.6) is 17.2 Å². The Morgan fingerprint density at radius 3 is 2.86 bits per heavy atom. The molecule has 186 valence electrons. The molecule has 10 nitrogen and oxygen atoms in total. The summed E-state index contributed by atoms with van der Waals surface area (Å²) in [7, 11) is 1.67. The highest BCUT2D eigenvalue weighted by Crippen LogP contribution is 2.34. The number of pyridine rings is 2. The molecule has 1 fully saturated rings.